The zero-order valence-corrected chi connectivity index (χ0v) is 12.3. The summed E-state index contributed by atoms with van der Waals surface area (Å²) in [4.78, 5) is 25.3. The highest BCUT2D eigenvalue weighted by atomic mass is 19.1. The van der Waals surface area contributed by atoms with E-state index in [0.717, 1.165) is 18.4 Å². The van der Waals surface area contributed by atoms with E-state index in [1.807, 2.05) is 6.92 Å². The van der Waals surface area contributed by atoms with Crippen LogP contribution in [0.25, 0.3) is 0 Å². The number of rotatable bonds is 6. The lowest BCUT2D eigenvalue weighted by molar-refractivity contribution is -0.128. The van der Waals surface area contributed by atoms with Crippen molar-refractivity contribution >= 4 is 11.8 Å². The zero-order chi connectivity index (χ0) is 15.2. The first-order chi connectivity index (χ1) is 10.1. The number of carbonyl (C=O) groups is 2. The van der Waals surface area contributed by atoms with Crippen LogP contribution in [0.2, 0.25) is 0 Å². The van der Waals surface area contributed by atoms with Gasteiger partial charge in [0.1, 0.15) is 5.82 Å². The van der Waals surface area contributed by atoms with E-state index in [1.165, 1.54) is 12.1 Å². The second-order valence-electron chi connectivity index (χ2n) is 5.35. The summed E-state index contributed by atoms with van der Waals surface area (Å²) in [6.07, 6.45) is 1.92. The number of nitrogens with zero attached hydrogens (tertiary/aromatic N) is 1. The lowest BCUT2D eigenvalue weighted by Crippen LogP contribution is -2.33. The topological polar surface area (TPSA) is 49.4 Å². The average Bonchev–Trinajstić information content (AvgIpc) is 2.86. The van der Waals surface area contributed by atoms with Crippen LogP contribution in [0.4, 0.5) is 4.39 Å². The molecule has 1 heterocycles. The number of amides is 2. The van der Waals surface area contributed by atoms with E-state index in [1.54, 1.807) is 17.0 Å². The monoisotopic (exact) mass is 292 g/mol. The second-order valence-corrected chi connectivity index (χ2v) is 5.35. The van der Waals surface area contributed by atoms with Gasteiger partial charge in [-0.2, -0.15) is 0 Å². The van der Waals surface area contributed by atoms with Gasteiger partial charge in [0.15, 0.2) is 0 Å². The van der Waals surface area contributed by atoms with Crippen molar-refractivity contribution in [2.75, 3.05) is 19.6 Å². The van der Waals surface area contributed by atoms with Gasteiger partial charge in [-0.25, -0.2) is 4.39 Å². The largest absolute Gasteiger partial charge is 0.356 e. The predicted molar refractivity (Wildman–Crippen MR) is 78.1 cm³/mol. The van der Waals surface area contributed by atoms with E-state index in [9.17, 15) is 14.0 Å². The minimum atomic E-state index is -0.238. The highest BCUT2D eigenvalue weighted by molar-refractivity contribution is 5.89. The number of carbonyl (C=O) groups excluding carboxylic acids is 2. The Hall–Kier alpha value is -1.91. The number of hydrogen-bond acceptors (Lipinski definition) is 2. The van der Waals surface area contributed by atoms with Gasteiger partial charge < -0.3 is 10.2 Å². The lowest BCUT2D eigenvalue weighted by Gasteiger charge is -2.13. The molecular weight excluding hydrogens is 271 g/mol. The fraction of sp³-hybridized carbons (Fsp3) is 0.500. The molecule has 0 aromatic heterocycles. The molecule has 2 rings (SSSR count). The number of benzene rings is 1. The third-order valence-corrected chi connectivity index (χ3v) is 3.82. The van der Waals surface area contributed by atoms with Crippen LogP contribution in [0.3, 0.4) is 0 Å². The summed E-state index contributed by atoms with van der Waals surface area (Å²) in [5, 5.41) is 2.88. The Morgan fingerprint density at radius 3 is 2.71 bits per heavy atom. The molecule has 1 fully saturated rings. The van der Waals surface area contributed by atoms with Crippen molar-refractivity contribution in [3.05, 3.63) is 35.6 Å². The van der Waals surface area contributed by atoms with Crippen molar-refractivity contribution in [3.63, 3.8) is 0 Å². The van der Waals surface area contributed by atoms with E-state index < -0.39 is 0 Å². The number of halogens is 1. The molecule has 0 saturated carbocycles. The number of aryl methyl sites for hydroxylation is 1. The number of likely N-dealkylation sites (tertiary alicyclic amines) is 1. The van der Waals surface area contributed by atoms with Gasteiger partial charge in [0.25, 0.3) is 0 Å². The van der Waals surface area contributed by atoms with Crippen molar-refractivity contribution in [2.45, 2.75) is 26.2 Å². The normalized spacial score (nSPS) is 18.1. The third kappa shape index (κ3) is 4.28. The van der Waals surface area contributed by atoms with Crippen LogP contribution in [0, 0.1) is 11.7 Å². The van der Waals surface area contributed by atoms with Crippen molar-refractivity contribution in [1.82, 2.24) is 10.2 Å². The molecule has 114 valence electrons. The smallest absolute Gasteiger partial charge is 0.225 e. The van der Waals surface area contributed by atoms with Crippen molar-refractivity contribution < 1.29 is 14.0 Å². The first-order valence-electron chi connectivity index (χ1n) is 7.40. The van der Waals surface area contributed by atoms with E-state index in [2.05, 4.69) is 5.32 Å². The Balaban J connectivity index is 1.68. The lowest BCUT2D eigenvalue weighted by atomic mass is 10.1. The van der Waals surface area contributed by atoms with Crippen LogP contribution in [-0.2, 0) is 16.0 Å². The molecule has 0 bridgehead atoms. The van der Waals surface area contributed by atoms with Gasteiger partial charge in [-0.05, 0) is 37.5 Å². The maximum atomic E-state index is 12.8. The fourth-order valence-corrected chi connectivity index (χ4v) is 2.55. The second kappa shape index (κ2) is 7.20. The van der Waals surface area contributed by atoms with Gasteiger partial charge >= 0.3 is 0 Å². The summed E-state index contributed by atoms with van der Waals surface area (Å²) in [7, 11) is 0. The molecule has 1 aromatic rings. The van der Waals surface area contributed by atoms with Gasteiger partial charge in [0.05, 0.1) is 5.92 Å². The van der Waals surface area contributed by atoms with Gasteiger partial charge in [-0.3, -0.25) is 9.59 Å². The Bertz CT molecular complexity index is 502. The van der Waals surface area contributed by atoms with E-state index in [0.29, 0.717) is 26.1 Å². The molecule has 1 aromatic carbocycles. The van der Waals surface area contributed by atoms with Crippen LogP contribution in [-0.4, -0.2) is 36.3 Å². The van der Waals surface area contributed by atoms with Crippen LogP contribution in [0.15, 0.2) is 24.3 Å². The summed E-state index contributed by atoms with van der Waals surface area (Å²) in [6, 6.07) is 6.40. The van der Waals surface area contributed by atoms with Crippen LogP contribution >= 0.6 is 0 Å². The minimum absolute atomic E-state index is 0.0431. The Kier molecular flexibility index (Phi) is 5.31. The standard InChI is InChI=1S/C16H21FN2O2/c1-2-19-11-13(10-15(19)20)16(21)18-9-3-4-12-5-7-14(17)8-6-12/h5-8,13H,2-4,9-11H2,1H3,(H,18,21)/t13-/m0/s1. The van der Waals surface area contributed by atoms with Crippen LogP contribution < -0.4 is 5.32 Å². The predicted octanol–water partition coefficient (Wildman–Crippen LogP) is 1.74. The van der Waals surface area contributed by atoms with Gasteiger partial charge in [0, 0.05) is 26.1 Å². The maximum Gasteiger partial charge on any atom is 0.225 e. The minimum Gasteiger partial charge on any atom is -0.356 e. The molecule has 1 atom stereocenters. The summed E-state index contributed by atoms with van der Waals surface area (Å²) < 4.78 is 12.8. The van der Waals surface area contributed by atoms with Crippen molar-refractivity contribution in [3.8, 4) is 0 Å². The molecular formula is C16H21FN2O2. The highest BCUT2D eigenvalue weighted by Gasteiger charge is 2.32. The molecule has 2 amide bonds. The molecule has 1 N–H and O–H groups in total. The Morgan fingerprint density at radius 2 is 2.10 bits per heavy atom. The maximum absolute atomic E-state index is 12.8. The molecule has 1 saturated heterocycles. The fourth-order valence-electron chi connectivity index (χ4n) is 2.55. The quantitative estimate of drug-likeness (QED) is 0.812. The Labute approximate surface area is 124 Å². The summed E-state index contributed by atoms with van der Waals surface area (Å²) in [5.41, 5.74) is 1.05. The Morgan fingerprint density at radius 1 is 1.38 bits per heavy atom. The average molecular weight is 292 g/mol. The first-order valence-corrected chi connectivity index (χ1v) is 7.40. The van der Waals surface area contributed by atoms with Gasteiger partial charge in [-0.15, -0.1) is 0 Å². The molecule has 21 heavy (non-hydrogen) atoms. The molecule has 0 aliphatic carbocycles. The van der Waals surface area contributed by atoms with E-state index in [4.69, 9.17) is 0 Å². The number of hydrogen-bond donors (Lipinski definition) is 1. The molecule has 5 heteroatoms. The third-order valence-electron chi connectivity index (χ3n) is 3.82. The molecule has 0 spiro atoms. The summed E-state index contributed by atoms with van der Waals surface area (Å²) >= 11 is 0. The molecule has 4 nitrogen and oxygen atoms in total. The molecule has 0 unspecified atom stereocenters. The SMILES string of the molecule is CCN1C[C@@H](C(=O)NCCCc2ccc(F)cc2)CC1=O. The summed E-state index contributed by atoms with van der Waals surface area (Å²) in [5.74, 6) is -0.441. The van der Waals surface area contributed by atoms with E-state index in [-0.39, 0.29) is 23.5 Å². The van der Waals surface area contributed by atoms with E-state index >= 15 is 0 Å². The van der Waals surface area contributed by atoms with Crippen LogP contribution in [0.5, 0.6) is 0 Å². The first kappa shape index (κ1) is 15.5. The van der Waals surface area contributed by atoms with Gasteiger partial charge in [-0.1, -0.05) is 12.1 Å². The van der Waals surface area contributed by atoms with Crippen molar-refractivity contribution in [1.29, 1.82) is 0 Å². The summed E-state index contributed by atoms with van der Waals surface area (Å²) in [6.45, 7) is 3.68. The molecule has 1 aliphatic heterocycles. The van der Waals surface area contributed by atoms with Gasteiger partial charge in [0.2, 0.25) is 11.8 Å². The highest BCUT2D eigenvalue weighted by Crippen LogP contribution is 2.17. The van der Waals surface area contributed by atoms with Crippen molar-refractivity contribution in [2.24, 2.45) is 5.92 Å². The number of nitrogens with one attached hydrogen (secondary N) is 1. The molecule has 1 aliphatic rings. The zero-order valence-electron chi connectivity index (χ0n) is 12.3. The molecule has 0 radical (unpaired) electrons. The van der Waals surface area contributed by atoms with Crippen LogP contribution in [0.1, 0.15) is 25.3 Å².